The van der Waals surface area contributed by atoms with Crippen LogP contribution in [-0.2, 0) is 0 Å². The van der Waals surface area contributed by atoms with Crippen LogP contribution in [-0.4, -0.2) is 19.0 Å². The van der Waals surface area contributed by atoms with Gasteiger partial charge in [-0.2, -0.15) is 0 Å². The van der Waals surface area contributed by atoms with Crippen molar-refractivity contribution in [1.29, 1.82) is 5.41 Å². The average molecular weight is 110 g/mol. The minimum Gasteiger partial charge on any atom is -0.309 e. The van der Waals surface area contributed by atoms with E-state index >= 15 is 0 Å². The molecule has 0 fully saturated rings. The van der Waals surface area contributed by atoms with Crippen LogP contribution in [0.5, 0.6) is 0 Å². The summed E-state index contributed by atoms with van der Waals surface area (Å²) in [6.07, 6.45) is 4.66. The Hall–Kier alpha value is -0.920. The van der Waals surface area contributed by atoms with Crippen LogP contribution in [0.15, 0.2) is 17.1 Å². The lowest BCUT2D eigenvalue weighted by atomic mass is 10.4. The molecule has 0 atom stereocenters. The smallest absolute Gasteiger partial charge is 0.0314 e. The first-order valence-electron chi connectivity index (χ1n) is 2.41. The predicted octanol–water partition coefficient (Wildman–Crippen LogP) is 1.28. The number of hydrogen-bond acceptors (Lipinski definition) is 2. The molecule has 0 aliphatic heterocycles. The highest BCUT2D eigenvalue weighted by Gasteiger charge is 1.73. The number of hydrogen-bond donors (Lipinski definition) is 1. The van der Waals surface area contributed by atoms with Crippen molar-refractivity contribution in [3.63, 3.8) is 0 Å². The van der Waals surface area contributed by atoms with Crippen LogP contribution in [0.4, 0.5) is 0 Å². The molecule has 0 aromatic carbocycles. The first-order chi connectivity index (χ1) is 3.81. The quantitative estimate of drug-likeness (QED) is 0.520. The molecule has 2 nitrogen and oxygen atoms in total. The molecule has 0 aromatic rings. The van der Waals surface area contributed by atoms with Crippen LogP contribution in [0.25, 0.3) is 0 Å². The second-order valence-electron chi connectivity index (χ2n) is 1.39. The van der Waals surface area contributed by atoms with Gasteiger partial charge in [-0.3, -0.25) is 4.99 Å². The Labute approximate surface area is 49.5 Å². The third-order valence-corrected chi connectivity index (χ3v) is 0.786. The van der Waals surface area contributed by atoms with Gasteiger partial charge < -0.3 is 5.41 Å². The molecule has 0 saturated carbocycles. The molecule has 1 N–H and O–H groups in total. The summed E-state index contributed by atoms with van der Waals surface area (Å²) in [5, 5.41) is 6.60. The van der Waals surface area contributed by atoms with Crippen molar-refractivity contribution in [3.8, 4) is 0 Å². The fourth-order valence-electron chi connectivity index (χ4n) is 0.262. The van der Waals surface area contributed by atoms with Crippen molar-refractivity contribution in [1.82, 2.24) is 0 Å². The van der Waals surface area contributed by atoms with Crippen molar-refractivity contribution >= 4 is 11.9 Å². The molecule has 0 heterocycles. The maximum Gasteiger partial charge on any atom is 0.0314 e. The Morgan fingerprint density at radius 2 is 2.25 bits per heavy atom. The number of rotatable bonds is 2. The van der Waals surface area contributed by atoms with Crippen LogP contribution in [0, 0.1) is 5.41 Å². The molecule has 2 heteroatoms. The number of nitrogens with zero attached hydrogens (tertiary/aromatic N) is 1. The molecule has 0 aromatic heterocycles. The summed E-state index contributed by atoms with van der Waals surface area (Å²) >= 11 is 0. The fourth-order valence-corrected chi connectivity index (χ4v) is 0.262. The maximum absolute atomic E-state index is 6.60. The first-order valence-corrected chi connectivity index (χ1v) is 2.41. The van der Waals surface area contributed by atoms with Gasteiger partial charge in [0.15, 0.2) is 0 Å². The van der Waals surface area contributed by atoms with Gasteiger partial charge in [0.05, 0.1) is 0 Å². The zero-order valence-corrected chi connectivity index (χ0v) is 5.18. The summed E-state index contributed by atoms with van der Waals surface area (Å²) in [6, 6.07) is 0. The van der Waals surface area contributed by atoms with Crippen molar-refractivity contribution in [2.75, 3.05) is 7.05 Å². The fraction of sp³-hybridized carbons (Fsp3) is 0.333. The largest absolute Gasteiger partial charge is 0.309 e. The summed E-state index contributed by atoms with van der Waals surface area (Å²) < 4.78 is 0. The maximum atomic E-state index is 6.60. The number of aliphatic imine (C=N–C) groups is 1. The lowest BCUT2D eigenvalue weighted by Crippen LogP contribution is -1.81. The van der Waals surface area contributed by atoms with E-state index in [2.05, 4.69) is 4.99 Å². The Balaban J connectivity index is 3.69. The molecule has 0 aliphatic carbocycles. The molecular weight excluding hydrogens is 100 g/mol. The topological polar surface area (TPSA) is 36.2 Å². The predicted molar refractivity (Wildman–Crippen MR) is 37.0 cm³/mol. The molecular formula is C6H10N2. The summed E-state index contributed by atoms with van der Waals surface area (Å²) in [4.78, 5) is 3.85. The van der Waals surface area contributed by atoms with Gasteiger partial charge in [-0.15, -0.1) is 0 Å². The zero-order chi connectivity index (χ0) is 6.41. The zero-order valence-electron chi connectivity index (χ0n) is 5.18. The highest BCUT2D eigenvalue weighted by Crippen LogP contribution is 1.75. The van der Waals surface area contributed by atoms with E-state index in [-0.39, 0.29) is 0 Å². The summed E-state index contributed by atoms with van der Waals surface area (Å²) in [5.41, 5.74) is 0.938. The molecule has 8 heavy (non-hydrogen) atoms. The van der Waals surface area contributed by atoms with Crippen LogP contribution >= 0.6 is 0 Å². The molecule has 0 spiro atoms. The van der Waals surface area contributed by atoms with E-state index in [0.717, 1.165) is 5.71 Å². The van der Waals surface area contributed by atoms with Gasteiger partial charge in [-0.25, -0.2) is 0 Å². The lowest BCUT2D eigenvalue weighted by Gasteiger charge is -1.81. The summed E-state index contributed by atoms with van der Waals surface area (Å²) in [6.45, 7) is 1.89. The highest BCUT2D eigenvalue weighted by atomic mass is 14.7. The Morgan fingerprint density at radius 3 is 2.62 bits per heavy atom. The van der Waals surface area contributed by atoms with Crippen molar-refractivity contribution in [3.05, 3.63) is 12.2 Å². The van der Waals surface area contributed by atoms with Crippen LogP contribution in [0.3, 0.4) is 0 Å². The van der Waals surface area contributed by atoms with Crippen molar-refractivity contribution < 1.29 is 0 Å². The SMILES string of the molecule is CN=C(C)/C=C\C=N. The van der Waals surface area contributed by atoms with Gasteiger partial charge in [0.2, 0.25) is 0 Å². The monoisotopic (exact) mass is 110 g/mol. The Morgan fingerprint density at radius 1 is 1.62 bits per heavy atom. The van der Waals surface area contributed by atoms with E-state index in [9.17, 15) is 0 Å². The van der Waals surface area contributed by atoms with Crippen LogP contribution < -0.4 is 0 Å². The van der Waals surface area contributed by atoms with Gasteiger partial charge in [-0.1, -0.05) is 0 Å². The second-order valence-corrected chi connectivity index (χ2v) is 1.39. The number of allylic oxidation sites excluding steroid dienone is 2. The molecule has 0 aliphatic rings. The third-order valence-electron chi connectivity index (χ3n) is 0.786. The van der Waals surface area contributed by atoms with E-state index in [1.54, 1.807) is 19.2 Å². The Kier molecular flexibility index (Phi) is 3.76. The third kappa shape index (κ3) is 3.28. The normalized spacial score (nSPS) is 12.5. The van der Waals surface area contributed by atoms with Crippen molar-refractivity contribution in [2.24, 2.45) is 4.99 Å². The molecule has 0 bridgehead atoms. The van der Waals surface area contributed by atoms with E-state index in [0.29, 0.717) is 0 Å². The lowest BCUT2D eigenvalue weighted by molar-refractivity contribution is 1.43. The summed E-state index contributed by atoms with van der Waals surface area (Å²) in [7, 11) is 1.73. The van der Waals surface area contributed by atoms with E-state index in [1.807, 2.05) is 6.92 Å². The molecule has 44 valence electrons. The van der Waals surface area contributed by atoms with E-state index in [4.69, 9.17) is 5.41 Å². The molecule has 0 unspecified atom stereocenters. The van der Waals surface area contributed by atoms with Crippen LogP contribution in [0.2, 0.25) is 0 Å². The van der Waals surface area contributed by atoms with Gasteiger partial charge in [-0.05, 0) is 19.1 Å². The van der Waals surface area contributed by atoms with Gasteiger partial charge in [0.25, 0.3) is 0 Å². The molecule has 0 radical (unpaired) electrons. The first kappa shape index (κ1) is 7.08. The molecule has 0 amide bonds. The summed E-state index contributed by atoms with van der Waals surface area (Å²) in [5.74, 6) is 0. The second kappa shape index (κ2) is 4.24. The minimum atomic E-state index is 0.938. The standard InChI is InChI=1S/C6H10N2/c1-6(8-2)4-3-5-7/h3-5,7H,1-2H3/b4-3-,7-5?,8-6?. The average Bonchev–Trinajstić information content (AvgIpc) is 1.83. The van der Waals surface area contributed by atoms with Gasteiger partial charge in [0.1, 0.15) is 0 Å². The van der Waals surface area contributed by atoms with E-state index in [1.165, 1.54) is 6.21 Å². The van der Waals surface area contributed by atoms with E-state index < -0.39 is 0 Å². The molecule has 0 rings (SSSR count). The minimum absolute atomic E-state index is 0.938. The number of nitrogens with one attached hydrogen (secondary N) is 1. The van der Waals surface area contributed by atoms with Crippen molar-refractivity contribution in [2.45, 2.75) is 6.92 Å². The van der Waals surface area contributed by atoms with Crippen LogP contribution in [0.1, 0.15) is 6.92 Å². The Bertz CT molecular complexity index is 122. The van der Waals surface area contributed by atoms with Gasteiger partial charge in [0, 0.05) is 19.0 Å². The molecule has 0 saturated heterocycles. The highest BCUT2D eigenvalue weighted by molar-refractivity contribution is 5.95. The van der Waals surface area contributed by atoms with Gasteiger partial charge >= 0.3 is 0 Å².